The summed E-state index contributed by atoms with van der Waals surface area (Å²) in [5, 5.41) is 15.1. The predicted molar refractivity (Wildman–Crippen MR) is 93.3 cm³/mol. The minimum atomic E-state index is -0.842. The number of nitrogens with one attached hydrogen (secondary N) is 2. The summed E-state index contributed by atoms with van der Waals surface area (Å²) < 4.78 is 0. The van der Waals surface area contributed by atoms with E-state index in [4.69, 9.17) is 0 Å². The molecule has 6 nitrogen and oxygen atoms in total. The van der Waals surface area contributed by atoms with Gasteiger partial charge < -0.3 is 15.7 Å². The Kier molecular flexibility index (Phi) is 5.36. The Balaban J connectivity index is 1.61. The van der Waals surface area contributed by atoms with Crippen LogP contribution in [0.5, 0.6) is 0 Å². The molecule has 2 aliphatic rings. The summed E-state index contributed by atoms with van der Waals surface area (Å²) >= 11 is 0. The third-order valence-electron chi connectivity index (χ3n) is 5.01. The zero-order valence-corrected chi connectivity index (χ0v) is 14.2. The summed E-state index contributed by atoms with van der Waals surface area (Å²) in [4.78, 5) is 35.6. The second kappa shape index (κ2) is 7.68. The van der Waals surface area contributed by atoms with Crippen LogP contribution >= 0.6 is 0 Å². The first-order valence-corrected chi connectivity index (χ1v) is 8.99. The Morgan fingerprint density at radius 3 is 2.24 bits per heavy atom. The van der Waals surface area contributed by atoms with Gasteiger partial charge in [0.2, 0.25) is 5.91 Å². The van der Waals surface area contributed by atoms with Crippen LogP contribution in [0.15, 0.2) is 24.3 Å². The second-order valence-corrected chi connectivity index (χ2v) is 7.00. The number of hydrogen-bond donors (Lipinski definition) is 3. The van der Waals surface area contributed by atoms with Crippen molar-refractivity contribution in [2.75, 3.05) is 5.32 Å². The third kappa shape index (κ3) is 4.59. The highest BCUT2D eigenvalue weighted by molar-refractivity contribution is 5.97. The molecule has 6 heteroatoms. The van der Waals surface area contributed by atoms with Gasteiger partial charge in [0.05, 0.1) is 5.92 Å². The van der Waals surface area contributed by atoms with Crippen molar-refractivity contribution in [2.45, 2.75) is 51.0 Å². The minimum Gasteiger partial charge on any atom is -0.481 e. The van der Waals surface area contributed by atoms with Gasteiger partial charge in [0.15, 0.2) is 0 Å². The standard InChI is InChI=1S/C19H24N2O4/c22-17(12-6-7-12)20-14-10-8-13(9-11-14)18(23)21-16-5-3-1-2-4-15(16)19(24)25/h8-12,15-16H,1-7H2,(H,20,22)(H,21,23)(H,24,25)/t15-,16+/m1/s1. The van der Waals surface area contributed by atoms with Crippen LogP contribution in [0, 0.1) is 11.8 Å². The van der Waals surface area contributed by atoms with Crippen molar-refractivity contribution in [3.8, 4) is 0 Å². The highest BCUT2D eigenvalue weighted by Crippen LogP contribution is 2.30. The molecule has 0 aliphatic heterocycles. The first-order valence-electron chi connectivity index (χ1n) is 8.99. The van der Waals surface area contributed by atoms with E-state index in [1.165, 1.54) is 0 Å². The Hall–Kier alpha value is -2.37. The van der Waals surface area contributed by atoms with Crippen LogP contribution in [0.3, 0.4) is 0 Å². The van der Waals surface area contributed by atoms with E-state index >= 15 is 0 Å². The third-order valence-corrected chi connectivity index (χ3v) is 5.01. The fourth-order valence-electron chi connectivity index (χ4n) is 3.32. The molecule has 0 saturated heterocycles. The van der Waals surface area contributed by atoms with Gasteiger partial charge >= 0.3 is 5.97 Å². The smallest absolute Gasteiger partial charge is 0.308 e. The molecule has 0 bridgehead atoms. The van der Waals surface area contributed by atoms with E-state index in [0.29, 0.717) is 24.1 Å². The van der Waals surface area contributed by atoms with Crippen molar-refractivity contribution in [3.05, 3.63) is 29.8 Å². The molecule has 2 saturated carbocycles. The lowest BCUT2D eigenvalue weighted by Gasteiger charge is -2.23. The summed E-state index contributed by atoms with van der Waals surface area (Å²) in [5.74, 6) is -1.47. The molecular formula is C19H24N2O4. The molecule has 134 valence electrons. The molecule has 0 spiro atoms. The van der Waals surface area contributed by atoms with Gasteiger partial charge in [-0.2, -0.15) is 0 Å². The van der Waals surface area contributed by atoms with Gasteiger partial charge in [-0.15, -0.1) is 0 Å². The Morgan fingerprint density at radius 2 is 1.60 bits per heavy atom. The van der Waals surface area contributed by atoms with Crippen molar-refractivity contribution in [3.63, 3.8) is 0 Å². The summed E-state index contributed by atoms with van der Waals surface area (Å²) in [5.41, 5.74) is 1.14. The van der Waals surface area contributed by atoms with E-state index in [-0.39, 0.29) is 23.8 Å². The first-order chi connectivity index (χ1) is 12.0. The van der Waals surface area contributed by atoms with E-state index < -0.39 is 11.9 Å². The molecule has 2 aliphatic carbocycles. The lowest BCUT2D eigenvalue weighted by Crippen LogP contribution is -2.42. The Bertz CT molecular complexity index is 652. The molecule has 3 N–H and O–H groups in total. The van der Waals surface area contributed by atoms with E-state index in [2.05, 4.69) is 10.6 Å². The molecule has 25 heavy (non-hydrogen) atoms. The fourth-order valence-corrected chi connectivity index (χ4v) is 3.32. The van der Waals surface area contributed by atoms with Gasteiger partial charge in [0.1, 0.15) is 0 Å². The number of benzene rings is 1. The number of rotatable bonds is 5. The average molecular weight is 344 g/mol. The summed E-state index contributed by atoms with van der Waals surface area (Å²) in [6, 6.07) is 6.39. The van der Waals surface area contributed by atoms with Crippen molar-refractivity contribution >= 4 is 23.5 Å². The highest BCUT2D eigenvalue weighted by Gasteiger charge is 2.31. The lowest BCUT2D eigenvalue weighted by molar-refractivity contribution is -0.142. The normalized spacial score (nSPS) is 23.4. The minimum absolute atomic E-state index is 0.0277. The number of carbonyl (C=O) groups excluding carboxylic acids is 2. The van der Waals surface area contributed by atoms with E-state index in [0.717, 1.165) is 32.1 Å². The van der Waals surface area contributed by atoms with Crippen LogP contribution in [-0.2, 0) is 9.59 Å². The number of hydrogen-bond acceptors (Lipinski definition) is 3. The highest BCUT2D eigenvalue weighted by atomic mass is 16.4. The maximum atomic E-state index is 12.5. The van der Waals surface area contributed by atoms with Gasteiger partial charge in [0, 0.05) is 23.2 Å². The zero-order valence-electron chi connectivity index (χ0n) is 14.2. The Labute approximate surface area is 147 Å². The van der Waals surface area contributed by atoms with Crippen molar-refractivity contribution in [1.29, 1.82) is 0 Å². The topological polar surface area (TPSA) is 95.5 Å². The lowest BCUT2D eigenvalue weighted by atomic mass is 9.94. The molecule has 2 atom stereocenters. The molecule has 0 radical (unpaired) electrons. The predicted octanol–water partition coefficient (Wildman–Crippen LogP) is 2.80. The molecule has 2 amide bonds. The Morgan fingerprint density at radius 1 is 0.920 bits per heavy atom. The van der Waals surface area contributed by atoms with Crippen LogP contribution in [0.4, 0.5) is 5.69 Å². The maximum absolute atomic E-state index is 12.5. The van der Waals surface area contributed by atoms with Gasteiger partial charge in [-0.05, 0) is 49.9 Å². The quantitative estimate of drug-likeness (QED) is 0.716. The largest absolute Gasteiger partial charge is 0.481 e. The van der Waals surface area contributed by atoms with Crippen molar-refractivity contribution in [1.82, 2.24) is 5.32 Å². The van der Waals surface area contributed by atoms with Gasteiger partial charge in [0.25, 0.3) is 5.91 Å². The molecule has 1 aromatic carbocycles. The SMILES string of the molecule is O=C(N[C@H]1CCCCC[C@H]1C(=O)O)c1ccc(NC(=O)C2CC2)cc1. The van der Waals surface area contributed by atoms with Crippen LogP contribution in [0.25, 0.3) is 0 Å². The zero-order chi connectivity index (χ0) is 17.8. The number of anilines is 1. The van der Waals surface area contributed by atoms with Crippen LogP contribution in [0.2, 0.25) is 0 Å². The number of carbonyl (C=O) groups is 3. The number of amides is 2. The molecular weight excluding hydrogens is 320 g/mol. The van der Waals surface area contributed by atoms with Gasteiger partial charge in [-0.3, -0.25) is 14.4 Å². The maximum Gasteiger partial charge on any atom is 0.308 e. The molecule has 3 rings (SSSR count). The van der Waals surface area contributed by atoms with Crippen LogP contribution in [0.1, 0.15) is 55.3 Å². The van der Waals surface area contributed by atoms with E-state index in [1.54, 1.807) is 24.3 Å². The van der Waals surface area contributed by atoms with Gasteiger partial charge in [-0.1, -0.05) is 19.3 Å². The molecule has 0 aromatic heterocycles. The van der Waals surface area contributed by atoms with E-state index in [1.807, 2.05) is 0 Å². The second-order valence-electron chi connectivity index (χ2n) is 7.00. The molecule has 0 heterocycles. The van der Waals surface area contributed by atoms with Gasteiger partial charge in [-0.25, -0.2) is 0 Å². The molecule has 2 fully saturated rings. The fraction of sp³-hybridized carbons (Fsp3) is 0.526. The van der Waals surface area contributed by atoms with Crippen molar-refractivity contribution < 1.29 is 19.5 Å². The summed E-state index contributed by atoms with van der Waals surface area (Å²) in [7, 11) is 0. The monoisotopic (exact) mass is 344 g/mol. The summed E-state index contributed by atoms with van der Waals surface area (Å²) in [6.07, 6.45) is 6.01. The van der Waals surface area contributed by atoms with E-state index in [9.17, 15) is 19.5 Å². The number of carboxylic acid groups (broad SMARTS) is 1. The van der Waals surface area contributed by atoms with Crippen LogP contribution in [-0.4, -0.2) is 28.9 Å². The molecule has 1 aromatic rings. The van der Waals surface area contributed by atoms with Crippen molar-refractivity contribution in [2.24, 2.45) is 11.8 Å². The average Bonchev–Trinajstić information content (AvgIpc) is 3.43. The molecule has 0 unspecified atom stereocenters. The number of carboxylic acids is 1. The van der Waals surface area contributed by atoms with Crippen LogP contribution < -0.4 is 10.6 Å². The number of aliphatic carboxylic acids is 1. The first kappa shape index (κ1) is 17.5. The summed E-state index contributed by atoms with van der Waals surface area (Å²) in [6.45, 7) is 0.